The Hall–Kier alpha value is -1.42. The van der Waals surface area contributed by atoms with E-state index in [1.807, 2.05) is 24.0 Å². The van der Waals surface area contributed by atoms with Crippen molar-refractivity contribution >= 4 is 5.91 Å². The lowest BCUT2D eigenvalue weighted by Crippen LogP contribution is -2.48. The number of aromatic nitrogens is 1. The van der Waals surface area contributed by atoms with Crippen LogP contribution in [0.1, 0.15) is 31.4 Å². The summed E-state index contributed by atoms with van der Waals surface area (Å²) < 4.78 is 0. The van der Waals surface area contributed by atoms with Gasteiger partial charge in [-0.25, -0.2) is 0 Å². The Labute approximate surface area is 95.5 Å². The van der Waals surface area contributed by atoms with Crippen LogP contribution in [0.25, 0.3) is 0 Å². The number of likely N-dealkylation sites (tertiary alicyclic amines) is 1. The van der Waals surface area contributed by atoms with Gasteiger partial charge in [-0.1, -0.05) is 0 Å². The standard InChI is InChI=1S/C12H17N3O/c1-2-15-11(16)4-3-10(13)12(15)9-5-7-14-8-6-9/h5-8,10,12H,2-4,13H2,1H3. The molecule has 2 unspecified atom stereocenters. The van der Waals surface area contributed by atoms with Gasteiger partial charge < -0.3 is 10.6 Å². The largest absolute Gasteiger partial charge is 0.334 e. The van der Waals surface area contributed by atoms with Crippen LogP contribution in [0.3, 0.4) is 0 Å². The molecular weight excluding hydrogens is 202 g/mol. The van der Waals surface area contributed by atoms with Gasteiger partial charge in [-0.15, -0.1) is 0 Å². The molecule has 16 heavy (non-hydrogen) atoms. The van der Waals surface area contributed by atoms with Crippen LogP contribution in [0.4, 0.5) is 0 Å². The Bertz CT molecular complexity index is 366. The number of rotatable bonds is 2. The normalized spacial score (nSPS) is 25.9. The van der Waals surface area contributed by atoms with Crippen LogP contribution in [0, 0.1) is 0 Å². The predicted molar refractivity (Wildman–Crippen MR) is 61.6 cm³/mol. The molecule has 0 aromatic carbocycles. The Morgan fingerprint density at radius 1 is 1.50 bits per heavy atom. The molecule has 1 aliphatic heterocycles. The number of carbonyl (C=O) groups is 1. The number of nitrogens with zero attached hydrogens (tertiary/aromatic N) is 2. The molecule has 1 aromatic heterocycles. The van der Waals surface area contributed by atoms with Gasteiger partial charge >= 0.3 is 0 Å². The molecular formula is C12H17N3O. The lowest BCUT2D eigenvalue weighted by molar-refractivity contribution is -0.137. The van der Waals surface area contributed by atoms with Crippen LogP contribution in [-0.4, -0.2) is 28.4 Å². The van der Waals surface area contributed by atoms with E-state index in [4.69, 9.17) is 5.73 Å². The molecule has 1 fully saturated rings. The molecule has 2 N–H and O–H groups in total. The van der Waals surface area contributed by atoms with Crippen molar-refractivity contribution in [2.24, 2.45) is 5.73 Å². The molecule has 1 aromatic rings. The number of hydrogen-bond acceptors (Lipinski definition) is 3. The number of hydrogen-bond donors (Lipinski definition) is 1. The monoisotopic (exact) mass is 219 g/mol. The summed E-state index contributed by atoms with van der Waals surface area (Å²) in [6.45, 7) is 2.70. The van der Waals surface area contributed by atoms with Crippen molar-refractivity contribution in [3.05, 3.63) is 30.1 Å². The number of likely N-dealkylation sites (N-methyl/N-ethyl adjacent to an activating group) is 1. The van der Waals surface area contributed by atoms with Gasteiger partial charge in [0.15, 0.2) is 0 Å². The van der Waals surface area contributed by atoms with E-state index in [9.17, 15) is 4.79 Å². The molecule has 4 nitrogen and oxygen atoms in total. The second-order valence-corrected chi connectivity index (χ2v) is 4.11. The molecule has 1 amide bonds. The average Bonchev–Trinajstić information content (AvgIpc) is 2.33. The maximum Gasteiger partial charge on any atom is 0.223 e. The molecule has 1 aliphatic rings. The molecule has 2 heterocycles. The first-order valence-corrected chi connectivity index (χ1v) is 5.69. The number of carbonyl (C=O) groups excluding carboxylic acids is 1. The third kappa shape index (κ3) is 1.93. The number of nitrogens with two attached hydrogens (primary N) is 1. The van der Waals surface area contributed by atoms with Crippen molar-refractivity contribution in [2.75, 3.05) is 6.54 Å². The molecule has 2 rings (SSSR count). The quantitative estimate of drug-likeness (QED) is 0.810. The lowest BCUT2D eigenvalue weighted by Gasteiger charge is -2.39. The summed E-state index contributed by atoms with van der Waals surface area (Å²) in [4.78, 5) is 17.7. The number of amides is 1. The van der Waals surface area contributed by atoms with Gasteiger partial charge in [-0.2, -0.15) is 0 Å². The Morgan fingerprint density at radius 2 is 2.19 bits per heavy atom. The van der Waals surface area contributed by atoms with E-state index in [1.165, 1.54) is 0 Å². The topological polar surface area (TPSA) is 59.2 Å². The second-order valence-electron chi connectivity index (χ2n) is 4.11. The minimum Gasteiger partial charge on any atom is -0.334 e. The Morgan fingerprint density at radius 3 is 2.81 bits per heavy atom. The van der Waals surface area contributed by atoms with Gasteiger partial charge in [0.25, 0.3) is 0 Å². The summed E-state index contributed by atoms with van der Waals surface area (Å²) in [5.74, 6) is 0.200. The fourth-order valence-corrected chi connectivity index (χ4v) is 2.34. The van der Waals surface area contributed by atoms with Crippen molar-refractivity contribution in [2.45, 2.75) is 31.8 Å². The molecule has 0 saturated carbocycles. The second kappa shape index (κ2) is 4.61. The SMILES string of the molecule is CCN1C(=O)CCC(N)C1c1ccncc1. The molecule has 1 saturated heterocycles. The zero-order valence-electron chi connectivity index (χ0n) is 9.47. The molecule has 4 heteroatoms. The van der Waals surface area contributed by atoms with E-state index >= 15 is 0 Å². The van der Waals surface area contributed by atoms with Crippen molar-refractivity contribution in [1.29, 1.82) is 0 Å². The molecule has 0 bridgehead atoms. The third-order valence-corrected chi connectivity index (χ3v) is 3.14. The van der Waals surface area contributed by atoms with Crippen LogP contribution in [-0.2, 0) is 4.79 Å². The number of piperidine rings is 1. The molecule has 2 atom stereocenters. The van der Waals surface area contributed by atoms with E-state index in [-0.39, 0.29) is 18.0 Å². The smallest absolute Gasteiger partial charge is 0.223 e. The van der Waals surface area contributed by atoms with Gasteiger partial charge in [0.2, 0.25) is 5.91 Å². The summed E-state index contributed by atoms with van der Waals surface area (Å²) in [7, 11) is 0. The Kier molecular flexibility index (Phi) is 3.19. The van der Waals surface area contributed by atoms with Crippen LogP contribution >= 0.6 is 0 Å². The van der Waals surface area contributed by atoms with E-state index < -0.39 is 0 Å². The highest BCUT2D eigenvalue weighted by Gasteiger charge is 2.33. The summed E-state index contributed by atoms with van der Waals surface area (Å²) in [5, 5.41) is 0. The minimum atomic E-state index is 0.00856. The Balaban J connectivity index is 2.31. The van der Waals surface area contributed by atoms with Crippen LogP contribution in [0.5, 0.6) is 0 Å². The van der Waals surface area contributed by atoms with Gasteiger partial charge in [0, 0.05) is 31.4 Å². The highest BCUT2D eigenvalue weighted by Crippen LogP contribution is 2.30. The highest BCUT2D eigenvalue weighted by atomic mass is 16.2. The van der Waals surface area contributed by atoms with Gasteiger partial charge in [0.05, 0.1) is 6.04 Å². The maximum absolute atomic E-state index is 11.8. The number of pyridine rings is 1. The minimum absolute atomic E-state index is 0.00856. The van der Waals surface area contributed by atoms with E-state index in [2.05, 4.69) is 4.98 Å². The predicted octanol–water partition coefficient (Wildman–Crippen LogP) is 1.09. The third-order valence-electron chi connectivity index (χ3n) is 3.14. The zero-order valence-corrected chi connectivity index (χ0v) is 9.47. The van der Waals surface area contributed by atoms with Crippen LogP contribution in [0.2, 0.25) is 0 Å². The van der Waals surface area contributed by atoms with E-state index in [0.717, 1.165) is 12.0 Å². The summed E-state index contributed by atoms with van der Waals surface area (Å²) in [5.41, 5.74) is 7.21. The lowest BCUT2D eigenvalue weighted by atomic mass is 9.91. The molecule has 86 valence electrons. The summed E-state index contributed by atoms with van der Waals surface area (Å²) in [6, 6.07) is 3.91. The van der Waals surface area contributed by atoms with Gasteiger partial charge in [0.1, 0.15) is 0 Å². The molecule has 0 spiro atoms. The molecule has 0 aliphatic carbocycles. The first kappa shape index (κ1) is 11.1. The van der Waals surface area contributed by atoms with Gasteiger partial charge in [-0.3, -0.25) is 9.78 Å². The summed E-state index contributed by atoms with van der Waals surface area (Å²) in [6.07, 6.45) is 4.82. The van der Waals surface area contributed by atoms with Crippen LogP contribution < -0.4 is 5.73 Å². The average molecular weight is 219 g/mol. The fourth-order valence-electron chi connectivity index (χ4n) is 2.34. The van der Waals surface area contributed by atoms with E-state index in [0.29, 0.717) is 13.0 Å². The first-order valence-electron chi connectivity index (χ1n) is 5.69. The van der Waals surface area contributed by atoms with Crippen molar-refractivity contribution in [3.63, 3.8) is 0 Å². The van der Waals surface area contributed by atoms with Crippen LogP contribution in [0.15, 0.2) is 24.5 Å². The fraction of sp³-hybridized carbons (Fsp3) is 0.500. The zero-order chi connectivity index (χ0) is 11.5. The summed E-state index contributed by atoms with van der Waals surface area (Å²) >= 11 is 0. The highest BCUT2D eigenvalue weighted by molar-refractivity contribution is 5.77. The van der Waals surface area contributed by atoms with Crippen molar-refractivity contribution in [1.82, 2.24) is 9.88 Å². The van der Waals surface area contributed by atoms with Crippen molar-refractivity contribution < 1.29 is 4.79 Å². The first-order chi connectivity index (χ1) is 7.74. The van der Waals surface area contributed by atoms with Gasteiger partial charge in [-0.05, 0) is 31.0 Å². The van der Waals surface area contributed by atoms with E-state index in [1.54, 1.807) is 12.4 Å². The van der Waals surface area contributed by atoms with Crippen molar-refractivity contribution in [3.8, 4) is 0 Å². The maximum atomic E-state index is 11.8. The molecule has 0 radical (unpaired) electrons.